The van der Waals surface area contributed by atoms with Gasteiger partial charge in [0.05, 0.1) is 0 Å². The zero-order chi connectivity index (χ0) is 12.1. The Bertz CT molecular complexity index is 390. The van der Waals surface area contributed by atoms with Gasteiger partial charge in [-0.25, -0.2) is 0 Å². The first-order chi connectivity index (χ1) is 8.84. The minimum absolute atomic E-state index is 0.271. The van der Waals surface area contributed by atoms with Crippen LogP contribution in [0.2, 0.25) is 0 Å². The zero-order valence-corrected chi connectivity index (χ0v) is 10.9. The smallest absolute Gasteiger partial charge is 0.246 e. The van der Waals surface area contributed by atoms with E-state index in [0.717, 1.165) is 30.8 Å². The molecule has 3 fully saturated rings. The van der Waals surface area contributed by atoms with E-state index >= 15 is 0 Å². The largest absolute Gasteiger partial charge is 0.335 e. The Morgan fingerprint density at radius 1 is 1.17 bits per heavy atom. The van der Waals surface area contributed by atoms with Gasteiger partial charge in [0.2, 0.25) is 5.91 Å². The van der Waals surface area contributed by atoms with E-state index in [1.165, 1.54) is 38.8 Å². The zero-order valence-electron chi connectivity index (χ0n) is 10.9. The summed E-state index contributed by atoms with van der Waals surface area (Å²) in [7, 11) is 0. The lowest BCUT2D eigenvalue weighted by Crippen LogP contribution is -2.65. The molecule has 0 N–H and O–H groups in total. The van der Waals surface area contributed by atoms with Crippen molar-refractivity contribution in [3.8, 4) is 0 Å². The van der Waals surface area contributed by atoms with Gasteiger partial charge in [-0.3, -0.25) is 9.69 Å². The SMILES string of the molecule is O=C1C=CC[C@H]2[C@H]3CCCN4CCC[C@H](CN12)[C@H]34. The number of rotatable bonds is 0. The molecule has 0 radical (unpaired) electrons. The summed E-state index contributed by atoms with van der Waals surface area (Å²) in [5.41, 5.74) is 0. The van der Waals surface area contributed by atoms with Crippen LogP contribution in [0.25, 0.3) is 0 Å². The van der Waals surface area contributed by atoms with Gasteiger partial charge in [0.25, 0.3) is 0 Å². The molecular weight excluding hydrogens is 224 g/mol. The third-order valence-electron chi connectivity index (χ3n) is 5.59. The number of fused-ring (bicyclic) bond motifs is 2. The molecule has 0 aromatic carbocycles. The van der Waals surface area contributed by atoms with E-state index in [2.05, 4.69) is 15.9 Å². The average molecular weight is 246 g/mol. The van der Waals surface area contributed by atoms with E-state index in [4.69, 9.17) is 0 Å². The molecule has 4 aliphatic rings. The molecule has 98 valence electrons. The molecule has 3 nitrogen and oxygen atoms in total. The van der Waals surface area contributed by atoms with Crippen molar-refractivity contribution in [3.63, 3.8) is 0 Å². The maximum absolute atomic E-state index is 12.1. The number of carbonyl (C=O) groups excluding carboxylic acids is 1. The van der Waals surface area contributed by atoms with Crippen LogP contribution < -0.4 is 0 Å². The molecule has 0 aromatic rings. The third-order valence-corrected chi connectivity index (χ3v) is 5.59. The molecule has 0 bridgehead atoms. The normalized spacial score (nSPS) is 43.6. The van der Waals surface area contributed by atoms with E-state index in [0.29, 0.717) is 6.04 Å². The second-order valence-corrected chi connectivity index (χ2v) is 6.43. The van der Waals surface area contributed by atoms with Gasteiger partial charge >= 0.3 is 0 Å². The molecule has 0 aliphatic carbocycles. The summed E-state index contributed by atoms with van der Waals surface area (Å²) in [4.78, 5) is 17.0. The number of hydrogen-bond acceptors (Lipinski definition) is 2. The molecule has 0 aromatic heterocycles. The van der Waals surface area contributed by atoms with Crippen molar-refractivity contribution < 1.29 is 4.79 Å². The van der Waals surface area contributed by atoms with Crippen molar-refractivity contribution in [3.05, 3.63) is 12.2 Å². The Morgan fingerprint density at radius 2 is 2.00 bits per heavy atom. The minimum atomic E-state index is 0.271. The summed E-state index contributed by atoms with van der Waals surface area (Å²) in [6, 6.07) is 1.29. The van der Waals surface area contributed by atoms with Gasteiger partial charge in [-0.15, -0.1) is 0 Å². The number of amides is 1. The quantitative estimate of drug-likeness (QED) is 0.649. The summed E-state index contributed by atoms with van der Waals surface area (Å²) in [5, 5.41) is 0. The van der Waals surface area contributed by atoms with Crippen LogP contribution in [0.15, 0.2) is 12.2 Å². The van der Waals surface area contributed by atoms with Crippen LogP contribution in [0.5, 0.6) is 0 Å². The predicted molar refractivity (Wildman–Crippen MR) is 70.1 cm³/mol. The molecule has 1 amide bonds. The van der Waals surface area contributed by atoms with Crippen molar-refractivity contribution in [1.82, 2.24) is 9.80 Å². The highest BCUT2D eigenvalue weighted by molar-refractivity contribution is 5.88. The average Bonchev–Trinajstić information content (AvgIpc) is 2.41. The lowest BCUT2D eigenvalue weighted by Gasteiger charge is -2.57. The second-order valence-electron chi connectivity index (χ2n) is 6.43. The van der Waals surface area contributed by atoms with Crippen molar-refractivity contribution in [2.45, 2.75) is 44.2 Å². The van der Waals surface area contributed by atoms with Gasteiger partial charge in [-0.2, -0.15) is 0 Å². The minimum Gasteiger partial charge on any atom is -0.335 e. The molecule has 0 spiro atoms. The lowest BCUT2D eigenvalue weighted by atomic mass is 9.68. The fraction of sp³-hybridized carbons (Fsp3) is 0.800. The first kappa shape index (κ1) is 11.0. The third kappa shape index (κ3) is 1.49. The van der Waals surface area contributed by atoms with Gasteiger partial charge in [-0.1, -0.05) is 6.08 Å². The number of hydrogen-bond donors (Lipinski definition) is 0. The maximum Gasteiger partial charge on any atom is 0.246 e. The number of piperidine rings is 3. The fourth-order valence-electron chi connectivity index (χ4n) is 4.95. The molecule has 18 heavy (non-hydrogen) atoms. The Morgan fingerprint density at radius 3 is 2.89 bits per heavy atom. The van der Waals surface area contributed by atoms with Crippen LogP contribution in [0, 0.1) is 11.8 Å². The molecule has 0 saturated carbocycles. The highest BCUT2D eigenvalue weighted by Crippen LogP contribution is 2.43. The summed E-state index contributed by atoms with van der Waals surface area (Å²) in [6.45, 7) is 3.62. The molecule has 4 heterocycles. The van der Waals surface area contributed by atoms with Crippen LogP contribution in [0.4, 0.5) is 0 Å². The summed E-state index contributed by atoms with van der Waals surface area (Å²) < 4.78 is 0. The predicted octanol–water partition coefficient (Wildman–Crippen LogP) is 1.65. The van der Waals surface area contributed by atoms with E-state index < -0.39 is 0 Å². The second kappa shape index (κ2) is 4.09. The Kier molecular flexibility index (Phi) is 2.51. The van der Waals surface area contributed by atoms with Crippen LogP contribution >= 0.6 is 0 Å². The van der Waals surface area contributed by atoms with E-state index in [1.807, 2.05) is 0 Å². The van der Waals surface area contributed by atoms with Crippen LogP contribution in [0.3, 0.4) is 0 Å². The van der Waals surface area contributed by atoms with Crippen LogP contribution in [-0.2, 0) is 4.79 Å². The summed E-state index contributed by atoms with van der Waals surface area (Å²) in [5.74, 6) is 1.76. The summed E-state index contributed by atoms with van der Waals surface area (Å²) in [6.07, 6.45) is 10.3. The molecule has 4 aliphatic heterocycles. The van der Waals surface area contributed by atoms with Crippen molar-refractivity contribution in [1.29, 1.82) is 0 Å². The molecule has 4 atom stereocenters. The fourth-order valence-corrected chi connectivity index (χ4v) is 4.95. The number of carbonyl (C=O) groups is 1. The molecular formula is C15H22N2O. The van der Waals surface area contributed by atoms with Gasteiger partial charge in [0.1, 0.15) is 0 Å². The first-order valence-corrected chi connectivity index (χ1v) is 7.56. The van der Waals surface area contributed by atoms with Gasteiger partial charge in [0.15, 0.2) is 0 Å². The lowest BCUT2D eigenvalue weighted by molar-refractivity contribution is -0.141. The Hall–Kier alpha value is -0.830. The van der Waals surface area contributed by atoms with Gasteiger partial charge in [0, 0.05) is 18.6 Å². The highest BCUT2D eigenvalue weighted by atomic mass is 16.2. The topological polar surface area (TPSA) is 23.6 Å². The van der Waals surface area contributed by atoms with E-state index in [-0.39, 0.29) is 5.91 Å². The highest BCUT2D eigenvalue weighted by Gasteiger charge is 2.49. The molecule has 3 saturated heterocycles. The van der Waals surface area contributed by atoms with Crippen LogP contribution in [0.1, 0.15) is 32.1 Å². The summed E-state index contributed by atoms with van der Waals surface area (Å²) >= 11 is 0. The molecule has 0 unspecified atom stereocenters. The van der Waals surface area contributed by atoms with Crippen molar-refractivity contribution >= 4 is 5.91 Å². The maximum atomic E-state index is 12.1. The van der Waals surface area contributed by atoms with Gasteiger partial charge in [-0.05, 0) is 63.1 Å². The number of nitrogens with zero attached hydrogens (tertiary/aromatic N) is 2. The standard InChI is InChI=1S/C15H22N2O/c18-14-7-1-6-13-12-5-3-9-16-8-2-4-11(15(12)16)10-17(13)14/h1,7,11-13,15H,2-6,8-10H2/t11-,12-,13+,15-/m1/s1. The van der Waals surface area contributed by atoms with E-state index in [1.54, 1.807) is 6.08 Å². The van der Waals surface area contributed by atoms with E-state index in [9.17, 15) is 4.79 Å². The Labute approximate surface area is 109 Å². The first-order valence-electron chi connectivity index (χ1n) is 7.56. The molecule has 3 heteroatoms. The van der Waals surface area contributed by atoms with Crippen LogP contribution in [-0.4, -0.2) is 47.4 Å². The molecule has 4 rings (SSSR count). The Balaban J connectivity index is 1.68. The monoisotopic (exact) mass is 246 g/mol. The van der Waals surface area contributed by atoms with Gasteiger partial charge < -0.3 is 4.90 Å². The van der Waals surface area contributed by atoms with Crippen molar-refractivity contribution in [2.24, 2.45) is 11.8 Å². The van der Waals surface area contributed by atoms with Crippen molar-refractivity contribution in [2.75, 3.05) is 19.6 Å².